The summed E-state index contributed by atoms with van der Waals surface area (Å²) >= 11 is 3.51. The number of alkyl halides is 1. The van der Waals surface area contributed by atoms with Crippen LogP contribution in [0.4, 0.5) is 0 Å². The second-order valence-corrected chi connectivity index (χ2v) is 8.73. The molecule has 0 aromatic rings. The number of rotatable bonds is 10. The van der Waals surface area contributed by atoms with Crippen molar-refractivity contribution in [3.05, 3.63) is 34.9 Å². The average Bonchev–Trinajstić information content (AvgIpc) is 2.46. The van der Waals surface area contributed by atoms with E-state index in [1.165, 1.54) is 43.3 Å². The highest BCUT2D eigenvalue weighted by Crippen LogP contribution is 2.37. The highest BCUT2D eigenvalue weighted by molar-refractivity contribution is 9.09. The Bertz CT molecular complexity index is 433. The molecule has 0 bridgehead atoms. The smallest absolute Gasteiger partial charge is 0.0214 e. The van der Waals surface area contributed by atoms with Crippen molar-refractivity contribution in [1.29, 1.82) is 0 Å². The van der Waals surface area contributed by atoms with Crippen molar-refractivity contribution >= 4 is 15.9 Å². The zero-order chi connectivity index (χ0) is 18.1. The molecule has 134 valence electrons. The SMILES string of the molecule is CCC(C)(CCC=C(C)C)C(C)=CCCC(C)(C)C(C)=CCBr. The monoisotopic (exact) mass is 382 g/mol. The minimum atomic E-state index is 0.287. The summed E-state index contributed by atoms with van der Waals surface area (Å²) in [6, 6.07) is 0. The zero-order valence-corrected chi connectivity index (χ0v) is 18.4. The predicted octanol–water partition coefficient (Wildman–Crippen LogP) is 8.24. The van der Waals surface area contributed by atoms with E-state index in [4.69, 9.17) is 0 Å². The highest BCUT2D eigenvalue weighted by Gasteiger charge is 2.24. The fraction of sp³-hybridized carbons (Fsp3) is 0.727. The fourth-order valence-corrected chi connectivity index (χ4v) is 3.30. The van der Waals surface area contributed by atoms with Gasteiger partial charge in [-0.1, -0.05) is 78.6 Å². The van der Waals surface area contributed by atoms with Gasteiger partial charge in [0.05, 0.1) is 0 Å². The molecule has 0 aliphatic rings. The third kappa shape index (κ3) is 8.38. The van der Waals surface area contributed by atoms with Crippen molar-refractivity contribution in [1.82, 2.24) is 0 Å². The second kappa shape index (κ2) is 10.5. The van der Waals surface area contributed by atoms with Gasteiger partial charge in [0.25, 0.3) is 0 Å². The Morgan fingerprint density at radius 1 is 0.826 bits per heavy atom. The quantitative estimate of drug-likeness (QED) is 0.263. The summed E-state index contributed by atoms with van der Waals surface area (Å²) in [6.45, 7) is 18.4. The first-order valence-corrected chi connectivity index (χ1v) is 10.2. The normalized spacial score (nSPS) is 16.2. The van der Waals surface area contributed by atoms with Crippen LogP contribution in [0.25, 0.3) is 0 Å². The molecular weight excluding hydrogens is 344 g/mol. The van der Waals surface area contributed by atoms with E-state index in [0.717, 1.165) is 5.33 Å². The van der Waals surface area contributed by atoms with E-state index in [0.29, 0.717) is 5.41 Å². The molecule has 0 aromatic heterocycles. The van der Waals surface area contributed by atoms with Crippen molar-refractivity contribution in [2.45, 2.75) is 87.5 Å². The van der Waals surface area contributed by atoms with Gasteiger partial charge < -0.3 is 0 Å². The minimum absolute atomic E-state index is 0.287. The van der Waals surface area contributed by atoms with Crippen LogP contribution in [0, 0.1) is 10.8 Å². The van der Waals surface area contributed by atoms with Gasteiger partial charge in [0.2, 0.25) is 0 Å². The molecule has 0 saturated carbocycles. The van der Waals surface area contributed by atoms with Crippen LogP contribution in [0.5, 0.6) is 0 Å². The van der Waals surface area contributed by atoms with Crippen LogP contribution in [0.3, 0.4) is 0 Å². The maximum absolute atomic E-state index is 3.51. The number of hydrogen-bond donors (Lipinski definition) is 0. The van der Waals surface area contributed by atoms with Crippen LogP contribution >= 0.6 is 15.9 Å². The number of hydrogen-bond acceptors (Lipinski definition) is 0. The van der Waals surface area contributed by atoms with E-state index >= 15 is 0 Å². The lowest BCUT2D eigenvalue weighted by atomic mass is 9.75. The molecule has 0 saturated heterocycles. The zero-order valence-electron chi connectivity index (χ0n) is 16.9. The van der Waals surface area contributed by atoms with Gasteiger partial charge in [-0.25, -0.2) is 0 Å². The molecule has 0 N–H and O–H groups in total. The highest BCUT2D eigenvalue weighted by atomic mass is 79.9. The second-order valence-electron chi connectivity index (χ2n) is 8.09. The standard InChI is InChI=1S/C22H39Br/c1-9-22(8,16-10-12-18(2)3)20(5)13-11-15-21(6,7)19(4)14-17-23/h12-14H,9-11,15-17H2,1-8H3. The van der Waals surface area contributed by atoms with Gasteiger partial charge >= 0.3 is 0 Å². The molecule has 0 fully saturated rings. The van der Waals surface area contributed by atoms with Gasteiger partial charge in [0, 0.05) is 5.33 Å². The average molecular weight is 383 g/mol. The minimum Gasteiger partial charge on any atom is -0.0883 e. The van der Waals surface area contributed by atoms with Gasteiger partial charge in [0.1, 0.15) is 0 Å². The summed E-state index contributed by atoms with van der Waals surface area (Å²) < 4.78 is 0. The van der Waals surface area contributed by atoms with Crippen molar-refractivity contribution in [2.75, 3.05) is 5.33 Å². The first-order chi connectivity index (χ1) is 10.6. The maximum Gasteiger partial charge on any atom is 0.0214 e. The molecule has 1 unspecified atom stereocenters. The van der Waals surface area contributed by atoms with E-state index in [-0.39, 0.29) is 5.41 Å². The molecule has 0 radical (unpaired) electrons. The van der Waals surface area contributed by atoms with Crippen LogP contribution in [0.1, 0.15) is 87.5 Å². The van der Waals surface area contributed by atoms with Gasteiger partial charge in [-0.15, -0.1) is 0 Å². The first-order valence-electron chi connectivity index (χ1n) is 9.13. The molecule has 1 heteroatoms. The molecule has 0 nitrogen and oxygen atoms in total. The Morgan fingerprint density at radius 2 is 1.39 bits per heavy atom. The molecule has 1 atom stereocenters. The third-order valence-corrected chi connectivity index (χ3v) is 5.98. The van der Waals surface area contributed by atoms with Crippen molar-refractivity contribution in [2.24, 2.45) is 10.8 Å². The maximum atomic E-state index is 3.51. The van der Waals surface area contributed by atoms with E-state index in [2.05, 4.69) is 89.5 Å². The van der Waals surface area contributed by atoms with Gasteiger partial charge in [0.15, 0.2) is 0 Å². The Kier molecular flexibility index (Phi) is 10.4. The molecular formula is C22H39Br. The number of halogens is 1. The molecule has 0 heterocycles. The van der Waals surface area contributed by atoms with Crippen LogP contribution in [-0.2, 0) is 0 Å². The summed E-state index contributed by atoms with van der Waals surface area (Å²) in [5.41, 5.74) is 5.12. The number of allylic oxidation sites excluding steroid dienone is 6. The predicted molar refractivity (Wildman–Crippen MR) is 111 cm³/mol. The Morgan fingerprint density at radius 3 is 1.87 bits per heavy atom. The van der Waals surface area contributed by atoms with Crippen LogP contribution in [-0.4, -0.2) is 5.33 Å². The molecule has 0 aliphatic carbocycles. The fourth-order valence-electron chi connectivity index (χ4n) is 2.82. The molecule has 0 rings (SSSR count). The summed E-state index contributed by atoms with van der Waals surface area (Å²) in [4.78, 5) is 0. The van der Waals surface area contributed by atoms with Gasteiger partial charge in [-0.3, -0.25) is 0 Å². The molecule has 0 amide bonds. The van der Waals surface area contributed by atoms with Gasteiger partial charge in [-0.05, 0) is 70.6 Å². The Labute approximate surface area is 154 Å². The van der Waals surface area contributed by atoms with E-state index < -0.39 is 0 Å². The van der Waals surface area contributed by atoms with E-state index in [9.17, 15) is 0 Å². The van der Waals surface area contributed by atoms with Crippen molar-refractivity contribution in [3.8, 4) is 0 Å². The summed E-state index contributed by atoms with van der Waals surface area (Å²) in [7, 11) is 0. The van der Waals surface area contributed by atoms with Crippen molar-refractivity contribution < 1.29 is 0 Å². The lowest BCUT2D eigenvalue weighted by Gasteiger charge is -2.30. The topological polar surface area (TPSA) is 0 Å². The Balaban J connectivity index is 4.78. The summed E-state index contributed by atoms with van der Waals surface area (Å²) in [5.74, 6) is 0. The van der Waals surface area contributed by atoms with Crippen molar-refractivity contribution in [3.63, 3.8) is 0 Å². The van der Waals surface area contributed by atoms with Crippen LogP contribution in [0.15, 0.2) is 34.9 Å². The summed E-state index contributed by atoms with van der Waals surface area (Å²) in [6.07, 6.45) is 13.2. The van der Waals surface area contributed by atoms with Crippen LogP contribution < -0.4 is 0 Å². The van der Waals surface area contributed by atoms with E-state index in [1.807, 2.05) is 0 Å². The van der Waals surface area contributed by atoms with E-state index in [1.54, 1.807) is 5.57 Å². The first kappa shape index (κ1) is 22.7. The molecule has 0 aromatic carbocycles. The summed E-state index contributed by atoms with van der Waals surface area (Å²) in [5, 5.41) is 0.954. The lowest BCUT2D eigenvalue weighted by Crippen LogP contribution is -2.17. The Hall–Kier alpha value is -0.300. The molecule has 23 heavy (non-hydrogen) atoms. The molecule has 0 aliphatic heterocycles. The lowest BCUT2D eigenvalue weighted by molar-refractivity contribution is 0.349. The molecule has 0 spiro atoms. The van der Waals surface area contributed by atoms with Crippen LogP contribution in [0.2, 0.25) is 0 Å². The largest absolute Gasteiger partial charge is 0.0883 e. The third-order valence-electron chi connectivity index (χ3n) is 5.65. The van der Waals surface area contributed by atoms with Gasteiger partial charge in [-0.2, -0.15) is 0 Å².